The fourth-order valence-electron chi connectivity index (χ4n) is 3.76. The van der Waals surface area contributed by atoms with Crippen molar-refractivity contribution in [3.05, 3.63) is 26.1 Å². The number of alkyl halides is 1. The van der Waals surface area contributed by atoms with E-state index in [4.69, 9.17) is 4.74 Å². The maximum Gasteiger partial charge on any atom is 0.138 e. The van der Waals surface area contributed by atoms with Gasteiger partial charge in [0.2, 0.25) is 0 Å². The van der Waals surface area contributed by atoms with E-state index in [1.165, 1.54) is 24.0 Å². The summed E-state index contributed by atoms with van der Waals surface area (Å²) in [6.45, 7) is 6.78. The fraction of sp³-hybridized carbons (Fsp3) is 0.600. The van der Waals surface area contributed by atoms with Gasteiger partial charge in [-0.3, -0.25) is 0 Å². The van der Waals surface area contributed by atoms with Crippen LogP contribution >= 0.6 is 47.8 Å². The van der Waals surface area contributed by atoms with Crippen molar-refractivity contribution in [2.24, 2.45) is 5.92 Å². The molecule has 1 aliphatic heterocycles. The van der Waals surface area contributed by atoms with Gasteiger partial charge in [-0.25, -0.2) is 0 Å². The van der Waals surface area contributed by atoms with Crippen LogP contribution < -0.4 is 4.74 Å². The average Bonchev–Trinajstić information content (AvgIpc) is 2.78. The van der Waals surface area contributed by atoms with Crippen molar-refractivity contribution < 1.29 is 4.74 Å². The highest BCUT2D eigenvalue weighted by atomic mass is 79.9. The lowest BCUT2D eigenvalue weighted by Gasteiger charge is -2.38. The molecular weight excluding hydrogens is 436 g/mol. The Morgan fingerprint density at radius 1 is 1.42 bits per heavy atom. The number of fused-ring (bicyclic) bond motifs is 3. The lowest BCUT2D eigenvalue weighted by Crippen LogP contribution is -2.50. The molecule has 1 aromatic carbocycles. The number of ether oxygens (including phenoxy) is 1. The van der Waals surface area contributed by atoms with Crippen LogP contribution in [-0.2, 0) is 5.41 Å². The molecule has 0 unspecified atom stereocenters. The largest absolute Gasteiger partial charge is 0.484 e. The van der Waals surface area contributed by atoms with Gasteiger partial charge < -0.3 is 4.74 Å². The molecule has 1 aliphatic carbocycles. The fourth-order valence-corrected chi connectivity index (χ4v) is 6.25. The van der Waals surface area contributed by atoms with E-state index in [0.29, 0.717) is 5.92 Å². The smallest absolute Gasteiger partial charge is 0.138 e. The maximum absolute atomic E-state index is 6.53. The molecule has 2 aliphatic rings. The molecule has 0 spiro atoms. The van der Waals surface area contributed by atoms with Crippen LogP contribution in [0.3, 0.4) is 0 Å². The average molecular weight is 453 g/mol. The van der Waals surface area contributed by atoms with Crippen molar-refractivity contribution in [3.63, 3.8) is 0 Å². The third-order valence-corrected chi connectivity index (χ3v) is 7.90. The summed E-state index contributed by atoms with van der Waals surface area (Å²) in [5.74, 6) is 1.62. The second-order valence-corrected chi connectivity index (χ2v) is 8.28. The molecule has 3 atom stereocenters. The minimum atomic E-state index is -0.106. The van der Waals surface area contributed by atoms with Crippen molar-refractivity contribution >= 4 is 47.8 Å². The van der Waals surface area contributed by atoms with Gasteiger partial charge >= 0.3 is 0 Å². The van der Waals surface area contributed by atoms with E-state index in [1.807, 2.05) is 0 Å². The topological polar surface area (TPSA) is 9.23 Å². The monoisotopic (exact) mass is 450 g/mol. The van der Waals surface area contributed by atoms with Crippen LogP contribution in [-0.4, -0.2) is 10.9 Å². The van der Waals surface area contributed by atoms with Gasteiger partial charge in [-0.05, 0) is 53.2 Å². The molecule has 19 heavy (non-hydrogen) atoms. The highest BCUT2D eigenvalue weighted by Gasteiger charge is 2.63. The van der Waals surface area contributed by atoms with E-state index in [9.17, 15) is 0 Å². The summed E-state index contributed by atoms with van der Waals surface area (Å²) < 4.78 is 8.79. The van der Waals surface area contributed by atoms with Crippen LogP contribution in [0.1, 0.15) is 37.8 Å². The predicted octanol–water partition coefficient (Wildman–Crippen LogP) is 5.73. The normalized spacial score (nSPS) is 36.0. The molecule has 0 bridgehead atoms. The Kier molecular flexibility index (Phi) is 3.39. The van der Waals surface area contributed by atoms with E-state index >= 15 is 0 Å². The molecule has 104 valence electrons. The number of hydrogen-bond acceptors (Lipinski definition) is 1. The number of hydrogen-bond donors (Lipinski definition) is 0. The molecule has 0 amide bonds. The zero-order valence-electron chi connectivity index (χ0n) is 11.3. The van der Waals surface area contributed by atoms with E-state index in [2.05, 4.69) is 74.6 Å². The Morgan fingerprint density at radius 3 is 2.74 bits per heavy atom. The molecule has 1 heterocycles. The summed E-state index contributed by atoms with van der Waals surface area (Å²) in [7, 11) is 0. The van der Waals surface area contributed by atoms with Gasteiger partial charge in [-0.15, -0.1) is 0 Å². The molecule has 1 fully saturated rings. The van der Waals surface area contributed by atoms with Gasteiger partial charge in [0.25, 0.3) is 0 Å². The first-order valence-electron chi connectivity index (χ1n) is 6.61. The van der Waals surface area contributed by atoms with Gasteiger partial charge in [-0.1, -0.05) is 45.7 Å². The summed E-state index contributed by atoms with van der Waals surface area (Å²) in [6.07, 6.45) is 2.42. The third-order valence-electron chi connectivity index (χ3n) is 5.29. The number of benzene rings is 1. The first-order valence-corrected chi connectivity index (χ1v) is 9.32. The molecule has 0 aromatic heterocycles. The quantitative estimate of drug-likeness (QED) is 0.494. The Labute approximate surface area is 139 Å². The Morgan fingerprint density at radius 2 is 2.11 bits per heavy atom. The predicted molar refractivity (Wildman–Crippen MR) is 89.5 cm³/mol. The maximum atomic E-state index is 6.53. The lowest BCUT2D eigenvalue weighted by atomic mass is 9.71. The third kappa shape index (κ3) is 1.63. The first-order chi connectivity index (χ1) is 8.87. The minimum absolute atomic E-state index is 0.101. The van der Waals surface area contributed by atoms with Gasteiger partial charge in [0.1, 0.15) is 11.4 Å². The van der Waals surface area contributed by atoms with E-state index in [1.54, 1.807) is 0 Å². The van der Waals surface area contributed by atoms with Crippen LogP contribution in [0.2, 0.25) is 0 Å². The summed E-state index contributed by atoms with van der Waals surface area (Å²) >= 11 is 11.1. The summed E-state index contributed by atoms with van der Waals surface area (Å²) in [5, 5.41) is 0.884. The standard InChI is InChI=1S/C15H17Br3O/c1-8-4-5-14(3)10-6-11(17)9(2)12(18)13(10)19-15(8,14)7-16/h6,8H,4-5,7H2,1-3H3/t8-,14-,15-/m0/s1. The van der Waals surface area contributed by atoms with Gasteiger partial charge in [0, 0.05) is 20.8 Å². The number of halogens is 3. The van der Waals surface area contributed by atoms with E-state index in [-0.39, 0.29) is 11.0 Å². The van der Waals surface area contributed by atoms with Crippen LogP contribution in [0.5, 0.6) is 5.75 Å². The Balaban J connectivity index is 2.27. The Hall–Kier alpha value is 0.460. The van der Waals surface area contributed by atoms with Gasteiger partial charge in [-0.2, -0.15) is 0 Å². The molecule has 1 nitrogen and oxygen atoms in total. The van der Waals surface area contributed by atoms with Crippen molar-refractivity contribution in [1.29, 1.82) is 0 Å². The summed E-state index contributed by atoms with van der Waals surface area (Å²) in [5.41, 5.74) is 2.55. The summed E-state index contributed by atoms with van der Waals surface area (Å²) in [6, 6.07) is 2.26. The molecular formula is C15H17Br3O. The van der Waals surface area contributed by atoms with Crippen molar-refractivity contribution in [3.8, 4) is 5.75 Å². The Bertz CT molecular complexity index is 557. The zero-order chi connectivity index (χ0) is 14.0. The molecule has 0 saturated heterocycles. The van der Waals surface area contributed by atoms with Crippen molar-refractivity contribution in [2.45, 2.75) is 44.6 Å². The van der Waals surface area contributed by atoms with Crippen molar-refractivity contribution in [2.75, 3.05) is 5.33 Å². The molecule has 0 radical (unpaired) electrons. The van der Waals surface area contributed by atoms with Crippen LogP contribution in [0.15, 0.2) is 15.0 Å². The molecule has 0 N–H and O–H groups in total. The first kappa shape index (κ1) is 14.4. The molecule has 1 aromatic rings. The minimum Gasteiger partial charge on any atom is -0.484 e. The second kappa shape index (κ2) is 4.48. The highest BCUT2D eigenvalue weighted by Crippen LogP contribution is 2.63. The van der Waals surface area contributed by atoms with Gasteiger partial charge in [0.05, 0.1) is 4.47 Å². The van der Waals surface area contributed by atoms with Crippen LogP contribution in [0, 0.1) is 12.8 Å². The molecule has 3 rings (SSSR count). The highest BCUT2D eigenvalue weighted by molar-refractivity contribution is 9.11. The summed E-state index contributed by atoms with van der Waals surface area (Å²) in [4.78, 5) is 0. The van der Waals surface area contributed by atoms with Crippen molar-refractivity contribution in [1.82, 2.24) is 0 Å². The van der Waals surface area contributed by atoms with Gasteiger partial charge in [0.15, 0.2) is 0 Å². The van der Waals surface area contributed by atoms with Crippen LogP contribution in [0.25, 0.3) is 0 Å². The number of rotatable bonds is 1. The SMILES string of the molecule is Cc1c(Br)cc2c(c1Br)O[C@@]1(CBr)[C@@H](C)CC[C@@]21C. The molecule has 1 saturated carbocycles. The van der Waals surface area contributed by atoms with E-state index in [0.717, 1.165) is 20.0 Å². The lowest BCUT2D eigenvalue weighted by molar-refractivity contribution is 0.0363. The second-order valence-electron chi connectivity index (χ2n) is 6.07. The molecule has 4 heteroatoms. The zero-order valence-corrected chi connectivity index (χ0v) is 16.1. The van der Waals surface area contributed by atoms with Crippen LogP contribution in [0.4, 0.5) is 0 Å². The van der Waals surface area contributed by atoms with E-state index < -0.39 is 0 Å².